The summed E-state index contributed by atoms with van der Waals surface area (Å²) in [7, 11) is -3.47. The van der Waals surface area contributed by atoms with Gasteiger partial charge in [-0.05, 0) is 37.3 Å². The molecule has 4 rings (SSSR count). The molecule has 7 heteroatoms. The number of hydrogen-bond acceptors (Lipinski definition) is 5. The third-order valence-corrected chi connectivity index (χ3v) is 7.60. The second kappa shape index (κ2) is 6.02. The first-order chi connectivity index (χ1) is 11.1. The molecule has 0 amide bonds. The van der Waals surface area contributed by atoms with Gasteiger partial charge in [0.2, 0.25) is 0 Å². The van der Waals surface area contributed by atoms with Crippen molar-refractivity contribution in [3.8, 4) is 0 Å². The van der Waals surface area contributed by atoms with Gasteiger partial charge in [0, 0.05) is 10.6 Å². The predicted molar refractivity (Wildman–Crippen MR) is 91.1 cm³/mol. The lowest BCUT2D eigenvalue weighted by molar-refractivity contribution is 0.131. The molecule has 1 aromatic rings. The number of nitrogens with zero attached hydrogens (tertiary/aromatic N) is 1. The zero-order chi connectivity index (χ0) is 15.9. The summed E-state index contributed by atoms with van der Waals surface area (Å²) in [6.45, 7) is 0. The molecule has 0 bridgehead atoms. The van der Waals surface area contributed by atoms with E-state index in [1.807, 2.05) is 23.9 Å². The fourth-order valence-electron chi connectivity index (χ4n) is 3.59. The number of fused-ring (bicyclic) bond motifs is 2. The van der Waals surface area contributed by atoms with Crippen LogP contribution in [-0.4, -0.2) is 31.5 Å². The van der Waals surface area contributed by atoms with E-state index in [0.29, 0.717) is 6.42 Å². The Morgan fingerprint density at radius 1 is 1.17 bits per heavy atom. The van der Waals surface area contributed by atoms with Gasteiger partial charge >= 0.3 is 6.02 Å². The Kier molecular flexibility index (Phi) is 4.01. The van der Waals surface area contributed by atoms with Crippen LogP contribution in [0.5, 0.6) is 0 Å². The summed E-state index contributed by atoms with van der Waals surface area (Å²) in [5.41, 5.74) is 1.19. The molecule has 0 radical (unpaired) electrons. The second-order valence-corrected chi connectivity index (χ2v) is 9.22. The lowest BCUT2D eigenvalue weighted by Gasteiger charge is -2.35. The van der Waals surface area contributed by atoms with E-state index >= 15 is 0 Å². The van der Waals surface area contributed by atoms with Crippen LogP contribution in [0.3, 0.4) is 0 Å². The summed E-state index contributed by atoms with van der Waals surface area (Å²) < 4.78 is 34.6. The first-order valence-corrected chi connectivity index (χ1v) is 10.6. The summed E-state index contributed by atoms with van der Waals surface area (Å²) in [6.07, 6.45) is 4.09. The van der Waals surface area contributed by atoms with Crippen LogP contribution < -0.4 is 5.32 Å². The van der Waals surface area contributed by atoms with Crippen LogP contribution in [0.1, 0.15) is 43.7 Å². The third-order valence-electron chi connectivity index (χ3n) is 4.75. The molecule has 2 heterocycles. The van der Waals surface area contributed by atoms with Crippen molar-refractivity contribution in [1.29, 1.82) is 0 Å². The minimum absolute atomic E-state index is 0.0570. The minimum Gasteiger partial charge on any atom is -0.460 e. The highest BCUT2D eigenvalue weighted by molar-refractivity contribution is 7.99. The summed E-state index contributed by atoms with van der Waals surface area (Å²) in [4.78, 5) is 1.24. The van der Waals surface area contributed by atoms with Gasteiger partial charge in [-0.25, -0.2) is 8.42 Å². The van der Waals surface area contributed by atoms with E-state index in [2.05, 4.69) is 21.8 Å². The van der Waals surface area contributed by atoms with Crippen LogP contribution in [0.4, 0.5) is 0 Å². The van der Waals surface area contributed by atoms with Gasteiger partial charge in [0.25, 0.3) is 10.0 Å². The highest BCUT2D eigenvalue weighted by Gasteiger charge is 2.42. The fraction of sp³-hybridized carbons (Fsp3) is 0.562. The van der Waals surface area contributed by atoms with Crippen molar-refractivity contribution < 1.29 is 13.2 Å². The Morgan fingerprint density at radius 2 is 2.00 bits per heavy atom. The Morgan fingerprint density at radius 3 is 2.91 bits per heavy atom. The lowest BCUT2D eigenvalue weighted by Crippen LogP contribution is -2.47. The molecule has 23 heavy (non-hydrogen) atoms. The quantitative estimate of drug-likeness (QED) is 0.842. The second-order valence-electron chi connectivity index (χ2n) is 6.26. The number of benzene rings is 1. The number of amidine groups is 1. The van der Waals surface area contributed by atoms with E-state index in [0.717, 1.165) is 31.4 Å². The van der Waals surface area contributed by atoms with Gasteiger partial charge in [-0.1, -0.05) is 24.6 Å². The molecule has 3 unspecified atom stereocenters. The van der Waals surface area contributed by atoms with Crippen LogP contribution in [0.2, 0.25) is 0 Å². The third kappa shape index (κ3) is 2.96. The van der Waals surface area contributed by atoms with Crippen molar-refractivity contribution in [2.75, 3.05) is 5.75 Å². The average molecular weight is 352 g/mol. The van der Waals surface area contributed by atoms with E-state index in [4.69, 9.17) is 4.74 Å². The molecule has 1 aliphatic carbocycles. The van der Waals surface area contributed by atoms with Crippen molar-refractivity contribution in [2.24, 2.45) is 4.40 Å². The summed E-state index contributed by atoms with van der Waals surface area (Å²) in [6, 6.07) is 8.46. The fourth-order valence-corrected chi connectivity index (χ4v) is 6.22. The van der Waals surface area contributed by atoms with Gasteiger partial charge in [0.1, 0.15) is 11.4 Å². The van der Waals surface area contributed by atoms with Crippen LogP contribution >= 0.6 is 11.8 Å². The molecule has 0 aromatic heterocycles. The molecule has 3 atom stereocenters. The maximum atomic E-state index is 12.4. The van der Waals surface area contributed by atoms with Crippen molar-refractivity contribution >= 4 is 27.8 Å². The molecular weight excluding hydrogens is 332 g/mol. The van der Waals surface area contributed by atoms with E-state index in [1.54, 1.807) is 0 Å². The molecule has 1 saturated carbocycles. The standard InChI is InChI=1S/C16H20N2O3S2/c19-23(20)15-8-4-2-6-13(15)21-16(18-23)17-12-9-10-22-14-7-3-1-5-11(12)14/h1,3,5,7,12-13,15H,2,4,6,8-10H2,(H,17,18). The van der Waals surface area contributed by atoms with Gasteiger partial charge in [-0.15, -0.1) is 16.2 Å². The van der Waals surface area contributed by atoms with Crippen molar-refractivity contribution in [3.05, 3.63) is 29.8 Å². The largest absolute Gasteiger partial charge is 0.460 e. The number of thioether (sulfide) groups is 1. The molecule has 0 spiro atoms. The van der Waals surface area contributed by atoms with Gasteiger partial charge in [-0.3, -0.25) is 0 Å². The van der Waals surface area contributed by atoms with E-state index in [1.165, 1.54) is 10.5 Å². The zero-order valence-electron chi connectivity index (χ0n) is 12.8. The van der Waals surface area contributed by atoms with Crippen molar-refractivity contribution in [2.45, 2.75) is 54.4 Å². The zero-order valence-corrected chi connectivity index (χ0v) is 14.4. The maximum absolute atomic E-state index is 12.4. The van der Waals surface area contributed by atoms with Crippen LogP contribution in [-0.2, 0) is 14.8 Å². The topological polar surface area (TPSA) is 67.8 Å². The average Bonchev–Trinajstić information content (AvgIpc) is 2.55. The number of sulfonamides is 1. The number of hydrogen-bond donors (Lipinski definition) is 1. The molecule has 2 aliphatic heterocycles. The minimum atomic E-state index is -3.47. The molecule has 0 saturated heterocycles. The summed E-state index contributed by atoms with van der Waals surface area (Å²) in [5, 5.41) is 2.78. The number of rotatable bonds is 1. The molecule has 1 aromatic carbocycles. The Bertz CT molecular complexity index is 733. The van der Waals surface area contributed by atoms with E-state index in [9.17, 15) is 8.42 Å². The van der Waals surface area contributed by atoms with Gasteiger partial charge in [-0.2, -0.15) is 0 Å². The van der Waals surface area contributed by atoms with Crippen LogP contribution in [0.25, 0.3) is 0 Å². The molecule has 124 valence electrons. The smallest absolute Gasteiger partial charge is 0.301 e. The van der Waals surface area contributed by atoms with Crippen LogP contribution in [0, 0.1) is 0 Å². The van der Waals surface area contributed by atoms with E-state index in [-0.39, 0.29) is 18.2 Å². The predicted octanol–water partition coefficient (Wildman–Crippen LogP) is 2.84. The highest BCUT2D eigenvalue weighted by Crippen LogP contribution is 2.37. The van der Waals surface area contributed by atoms with Crippen molar-refractivity contribution in [1.82, 2.24) is 5.32 Å². The molecule has 1 N–H and O–H groups in total. The van der Waals surface area contributed by atoms with Crippen molar-refractivity contribution in [3.63, 3.8) is 0 Å². The molecular formula is C16H20N2O3S2. The summed E-state index contributed by atoms with van der Waals surface area (Å²) in [5.74, 6) is 1.00. The normalized spacial score (nSPS) is 32.0. The first kappa shape index (κ1) is 15.3. The monoisotopic (exact) mass is 352 g/mol. The molecule has 5 nitrogen and oxygen atoms in total. The van der Waals surface area contributed by atoms with Gasteiger partial charge < -0.3 is 10.1 Å². The lowest BCUT2D eigenvalue weighted by atomic mass is 9.97. The number of nitrogens with one attached hydrogen (secondary N) is 1. The molecule has 1 fully saturated rings. The van der Waals surface area contributed by atoms with Crippen LogP contribution in [0.15, 0.2) is 33.6 Å². The first-order valence-electron chi connectivity index (χ1n) is 8.12. The molecule has 3 aliphatic rings. The Labute approximate surface area is 141 Å². The number of ether oxygens (including phenoxy) is 1. The maximum Gasteiger partial charge on any atom is 0.301 e. The summed E-state index contributed by atoms with van der Waals surface area (Å²) >= 11 is 1.83. The van der Waals surface area contributed by atoms with Gasteiger partial charge in [0.05, 0.1) is 6.04 Å². The van der Waals surface area contributed by atoms with Gasteiger partial charge in [0.15, 0.2) is 0 Å². The Hall–Kier alpha value is -1.21. The van der Waals surface area contributed by atoms with E-state index < -0.39 is 15.3 Å². The Balaban J connectivity index is 1.59. The SMILES string of the molecule is O=S1(=O)N=C(NC2CCSc3ccccc32)OC2CCCCC21. The highest BCUT2D eigenvalue weighted by atomic mass is 32.2.